The van der Waals surface area contributed by atoms with Crippen LogP contribution in [0.3, 0.4) is 0 Å². The van der Waals surface area contributed by atoms with Crippen LogP contribution in [-0.4, -0.2) is 19.7 Å². The molecule has 2 heterocycles. The van der Waals surface area contributed by atoms with Crippen molar-refractivity contribution in [1.29, 1.82) is 0 Å². The van der Waals surface area contributed by atoms with Crippen LogP contribution in [0.2, 0.25) is 0 Å². The van der Waals surface area contributed by atoms with Gasteiger partial charge in [0.1, 0.15) is 10.8 Å². The highest BCUT2D eigenvalue weighted by Crippen LogP contribution is 2.41. The van der Waals surface area contributed by atoms with Gasteiger partial charge >= 0.3 is 0 Å². The predicted octanol–water partition coefficient (Wildman–Crippen LogP) is 1.90. The highest BCUT2D eigenvalue weighted by atomic mass is 79.9. The molecule has 0 saturated heterocycles. The molecule has 5 nitrogen and oxygen atoms in total. The van der Waals surface area contributed by atoms with Gasteiger partial charge in [-0.05, 0) is 35.7 Å². The van der Waals surface area contributed by atoms with Gasteiger partial charge in [-0.25, -0.2) is 14.6 Å². The molecule has 0 radical (unpaired) electrons. The summed E-state index contributed by atoms with van der Waals surface area (Å²) in [6, 6.07) is 1.78. The molecule has 2 aromatic heterocycles. The number of aromatic nitrogens is 4. The Morgan fingerprint density at radius 2 is 2.24 bits per heavy atom. The molecule has 0 unspecified atom stereocenters. The topological polar surface area (TPSA) is 63.6 Å². The maximum Gasteiger partial charge on any atom is 0.287 e. The van der Waals surface area contributed by atoms with Gasteiger partial charge in [-0.2, -0.15) is 0 Å². The fourth-order valence-corrected chi connectivity index (χ4v) is 2.39. The molecule has 0 atom stereocenters. The van der Waals surface area contributed by atoms with Gasteiger partial charge in [-0.15, -0.1) is 0 Å². The molecule has 2 aromatic rings. The average molecular weight is 295 g/mol. The quantitative estimate of drug-likeness (QED) is 0.920. The molecule has 0 spiro atoms. The fraction of sp³-hybridized carbons (Fsp3) is 0.364. The van der Waals surface area contributed by atoms with Gasteiger partial charge in [-0.1, -0.05) is 0 Å². The SMILES string of the molecule is Cc1cc(-n2[nH]c(C3CC3)c(Br)c2=O)ncn1. The van der Waals surface area contributed by atoms with Gasteiger partial charge in [0, 0.05) is 17.7 Å². The summed E-state index contributed by atoms with van der Waals surface area (Å²) in [6.45, 7) is 1.87. The van der Waals surface area contributed by atoms with E-state index in [1.54, 1.807) is 6.07 Å². The molecule has 0 aromatic carbocycles. The van der Waals surface area contributed by atoms with Crippen LogP contribution in [0.1, 0.15) is 30.1 Å². The number of halogens is 1. The third kappa shape index (κ3) is 1.82. The van der Waals surface area contributed by atoms with E-state index < -0.39 is 0 Å². The fourth-order valence-electron chi connectivity index (χ4n) is 1.80. The van der Waals surface area contributed by atoms with Crippen molar-refractivity contribution in [2.45, 2.75) is 25.7 Å². The Hall–Kier alpha value is -1.43. The molecule has 0 aliphatic heterocycles. The minimum Gasteiger partial charge on any atom is -0.292 e. The Labute approximate surface area is 106 Å². The van der Waals surface area contributed by atoms with Crippen molar-refractivity contribution in [3.63, 3.8) is 0 Å². The zero-order valence-corrected chi connectivity index (χ0v) is 10.9. The minimum atomic E-state index is -0.0926. The Bertz CT molecular complexity index is 627. The number of rotatable bonds is 2. The Kier molecular flexibility index (Phi) is 2.39. The molecule has 1 saturated carbocycles. The zero-order chi connectivity index (χ0) is 12.0. The first-order valence-corrected chi connectivity index (χ1v) is 6.25. The van der Waals surface area contributed by atoms with Crippen molar-refractivity contribution in [2.24, 2.45) is 0 Å². The molecule has 1 N–H and O–H groups in total. The molecular weight excluding hydrogens is 284 g/mol. The molecule has 17 heavy (non-hydrogen) atoms. The third-order valence-corrected chi connectivity index (χ3v) is 3.63. The molecule has 1 aliphatic rings. The van der Waals surface area contributed by atoms with E-state index in [-0.39, 0.29) is 5.56 Å². The van der Waals surface area contributed by atoms with Crippen LogP contribution in [0.25, 0.3) is 5.82 Å². The van der Waals surface area contributed by atoms with Crippen molar-refractivity contribution in [3.8, 4) is 5.82 Å². The lowest BCUT2D eigenvalue weighted by atomic mass is 10.3. The number of nitrogens with zero attached hydrogens (tertiary/aromatic N) is 3. The van der Waals surface area contributed by atoms with Gasteiger partial charge in [-0.3, -0.25) is 9.89 Å². The lowest BCUT2D eigenvalue weighted by molar-refractivity contribution is 0.784. The first kappa shape index (κ1) is 10.7. The summed E-state index contributed by atoms with van der Waals surface area (Å²) in [7, 11) is 0. The first-order valence-electron chi connectivity index (χ1n) is 5.46. The summed E-state index contributed by atoms with van der Waals surface area (Å²) in [6.07, 6.45) is 3.74. The second-order valence-corrected chi connectivity index (χ2v) is 5.06. The van der Waals surface area contributed by atoms with Gasteiger partial charge in [0.25, 0.3) is 5.56 Å². The average Bonchev–Trinajstić information content (AvgIpc) is 3.09. The van der Waals surface area contributed by atoms with E-state index in [0.29, 0.717) is 16.2 Å². The normalized spacial score (nSPS) is 15.2. The minimum absolute atomic E-state index is 0.0926. The van der Waals surface area contributed by atoms with E-state index in [2.05, 4.69) is 31.0 Å². The van der Waals surface area contributed by atoms with Crippen LogP contribution in [0.4, 0.5) is 0 Å². The van der Waals surface area contributed by atoms with E-state index in [1.807, 2.05) is 6.92 Å². The molecule has 0 bridgehead atoms. The van der Waals surface area contributed by atoms with Crippen LogP contribution in [0, 0.1) is 6.92 Å². The Balaban J connectivity index is 2.15. The number of hydrogen-bond donors (Lipinski definition) is 1. The van der Waals surface area contributed by atoms with Crippen molar-refractivity contribution < 1.29 is 0 Å². The maximum absolute atomic E-state index is 12.1. The van der Waals surface area contributed by atoms with Crippen molar-refractivity contribution in [3.05, 3.63) is 38.6 Å². The molecular formula is C11H11BrN4O. The molecule has 1 fully saturated rings. The monoisotopic (exact) mass is 294 g/mol. The maximum atomic E-state index is 12.1. The summed E-state index contributed by atoms with van der Waals surface area (Å²) in [5.74, 6) is 1.07. The summed E-state index contributed by atoms with van der Waals surface area (Å²) < 4.78 is 2.09. The van der Waals surface area contributed by atoms with Gasteiger partial charge < -0.3 is 0 Å². The third-order valence-electron chi connectivity index (χ3n) is 2.86. The lowest BCUT2D eigenvalue weighted by Gasteiger charge is -2.00. The van der Waals surface area contributed by atoms with Crippen LogP contribution in [0.15, 0.2) is 21.7 Å². The standard InChI is InChI=1S/C11H11BrN4O/c1-6-4-8(14-5-13-6)16-11(17)9(12)10(15-16)7-2-3-7/h4-5,7,15H,2-3H2,1H3. The van der Waals surface area contributed by atoms with E-state index >= 15 is 0 Å². The van der Waals surface area contributed by atoms with E-state index in [0.717, 1.165) is 24.2 Å². The molecule has 0 amide bonds. The highest BCUT2D eigenvalue weighted by molar-refractivity contribution is 9.10. The second kappa shape index (κ2) is 3.80. The lowest BCUT2D eigenvalue weighted by Crippen LogP contribution is -2.16. The number of nitrogens with one attached hydrogen (secondary N) is 1. The number of hydrogen-bond acceptors (Lipinski definition) is 3. The number of aryl methyl sites for hydroxylation is 1. The second-order valence-electron chi connectivity index (χ2n) is 4.27. The summed E-state index contributed by atoms with van der Waals surface area (Å²) >= 11 is 3.35. The van der Waals surface area contributed by atoms with Crippen LogP contribution in [0.5, 0.6) is 0 Å². The Morgan fingerprint density at radius 3 is 2.88 bits per heavy atom. The highest BCUT2D eigenvalue weighted by Gasteiger charge is 2.29. The van der Waals surface area contributed by atoms with Gasteiger partial charge in [0.05, 0.1) is 5.69 Å². The van der Waals surface area contributed by atoms with E-state index in [1.165, 1.54) is 11.0 Å². The zero-order valence-electron chi connectivity index (χ0n) is 9.27. The van der Waals surface area contributed by atoms with Crippen molar-refractivity contribution in [1.82, 2.24) is 19.7 Å². The largest absolute Gasteiger partial charge is 0.292 e. The first-order chi connectivity index (χ1) is 8.16. The predicted molar refractivity (Wildman–Crippen MR) is 66.4 cm³/mol. The van der Waals surface area contributed by atoms with E-state index in [4.69, 9.17) is 0 Å². The Morgan fingerprint density at radius 1 is 1.47 bits per heavy atom. The molecule has 3 rings (SSSR count). The van der Waals surface area contributed by atoms with Gasteiger partial charge in [0.2, 0.25) is 0 Å². The summed E-state index contributed by atoms with van der Waals surface area (Å²) in [4.78, 5) is 20.2. The molecule has 1 aliphatic carbocycles. The molecule has 6 heteroatoms. The molecule has 88 valence electrons. The number of H-pyrrole nitrogens is 1. The van der Waals surface area contributed by atoms with Crippen LogP contribution >= 0.6 is 15.9 Å². The summed E-state index contributed by atoms with van der Waals surface area (Å²) in [5, 5.41) is 3.12. The van der Waals surface area contributed by atoms with E-state index in [9.17, 15) is 4.79 Å². The van der Waals surface area contributed by atoms with Crippen molar-refractivity contribution >= 4 is 15.9 Å². The number of aromatic amines is 1. The van der Waals surface area contributed by atoms with Crippen LogP contribution < -0.4 is 5.56 Å². The summed E-state index contributed by atoms with van der Waals surface area (Å²) in [5.41, 5.74) is 1.72. The van der Waals surface area contributed by atoms with Crippen molar-refractivity contribution in [2.75, 3.05) is 0 Å². The van der Waals surface area contributed by atoms with Gasteiger partial charge in [0.15, 0.2) is 5.82 Å². The van der Waals surface area contributed by atoms with Crippen LogP contribution in [-0.2, 0) is 0 Å². The smallest absolute Gasteiger partial charge is 0.287 e.